The Balaban J connectivity index is 1.79. The van der Waals surface area contributed by atoms with E-state index >= 15 is 0 Å². The second kappa shape index (κ2) is 6.93. The van der Waals surface area contributed by atoms with Gasteiger partial charge in [-0.3, -0.25) is 4.57 Å². The summed E-state index contributed by atoms with van der Waals surface area (Å²) in [6, 6.07) is 27.1. The Bertz CT molecular complexity index is 1080. The van der Waals surface area contributed by atoms with Crippen molar-refractivity contribution in [1.29, 1.82) is 0 Å². The van der Waals surface area contributed by atoms with E-state index in [1.165, 1.54) is 11.1 Å². The minimum atomic E-state index is 0.561. The lowest BCUT2D eigenvalue weighted by Crippen LogP contribution is -2.09. The summed E-state index contributed by atoms with van der Waals surface area (Å²) in [5.41, 5.74) is 5.88. The first kappa shape index (κ1) is 16.7. The number of hydrogen-bond acceptors (Lipinski definition) is 2. The van der Waals surface area contributed by atoms with Gasteiger partial charge in [0.1, 0.15) is 0 Å². The summed E-state index contributed by atoms with van der Waals surface area (Å²) in [7, 11) is 0. The highest BCUT2D eigenvalue weighted by Crippen LogP contribution is 2.34. The third-order valence-corrected chi connectivity index (χ3v) is 5.27. The quantitative estimate of drug-likeness (QED) is 0.460. The molecule has 3 aromatic carbocycles. The van der Waals surface area contributed by atoms with Crippen LogP contribution in [-0.4, -0.2) is 14.8 Å². The molecule has 0 saturated carbocycles. The fraction of sp³-hybridized carbons (Fsp3) is 0.120. The Morgan fingerprint density at radius 2 is 1.36 bits per heavy atom. The molecule has 0 radical (unpaired) electrons. The summed E-state index contributed by atoms with van der Waals surface area (Å²) in [5.74, 6) is 2.28. The molecule has 0 fully saturated rings. The topological polar surface area (TPSA) is 30.7 Å². The zero-order chi connectivity index (χ0) is 18.9. The van der Waals surface area contributed by atoms with Crippen molar-refractivity contribution in [1.82, 2.24) is 14.8 Å². The van der Waals surface area contributed by atoms with Gasteiger partial charge in [-0.25, -0.2) is 0 Å². The van der Waals surface area contributed by atoms with Crippen LogP contribution in [-0.2, 0) is 6.42 Å². The van der Waals surface area contributed by atoms with Crippen LogP contribution in [0.4, 0.5) is 0 Å². The van der Waals surface area contributed by atoms with Gasteiger partial charge >= 0.3 is 0 Å². The Morgan fingerprint density at radius 1 is 0.750 bits per heavy atom. The normalized spacial score (nSPS) is 15.4. The average molecular weight is 363 g/mol. The zero-order valence-electron chi connectivity index (χ0n) is 15.8. The van der Waals surface area contributed by atoms with Crippen molar-refractivity contribution in [2.75, 3.05) is 0 Å². The molecule has 0 N–H and O–H groups in total. The van der Waals surface area contributed by atoms with Gasteiger partial charge in [-0.15, -0.1) is 10.2 Å². The number of allylic oxidation sites excluding steroid dienone is 1. The van der Waals surface area contributed by atoms with Crippen molar-refractivity contribution < 1.29 is 0 Å². The van der Waals surface area contributed by atoms with E-state index in [1.807, 2.05) is 36.4 Å². The Kier molecular flexibility index (Phi) is 4.13. The summed E-state index contributed by atoms with van der Waals surface area (Å²) in [4.78, 5) is 0. The maximum atomic E-state index is 4.59. The lowest BCUT2D eigenvalue weighted by atomic mass is 9.89. The number of rotatable bonds is 3. The lowest BCUT2D eigenvalue weighted by molar-refractivity contribution is 0.716. The second-order valence-corrected chi connectivity index (χ2v) is 7.31. The van der Waals surface area contributed by atoms with Crippen LogP contribution in [0.15, 0.2) is 84.9 Å². The molecule has 5 rings (SSSR count). The van der Waals surface area contributed by atoms with Crippen molar-refractivity contribution in [2.45, 2.75) is 13.3 Å². The first-order valence-electron chi connectivity index (χ1n) is 9.68. The van der Waals surface area contributed by atoms with Gasteiger partial charge in [0.15, 0.2) is 11.6 Å². The molecule has 3 heteroatoms. The molecule has 1 aromatic heterocycles. The van der Waals surface area contributed by atoms with Crippen molar-refractivity contribution >= 4 is 6.08 Å². The van der Waals surface area contributed by atoms with Gasteiger partial charge in [0.05, 0.1) is 5.69 Å². The highest BCUT2D eigenvalue weighted by molar-refractivity contribution is 5.73. The molecule has 0 saturated heterocycles. The molecule has 3 nitrogen and oxygen atoms in total. The Labute approximate surface area is 165 Å². The number of hydrogen-bond donors (Lipinski definition) is 0. The first-order valence-corrected chi connectivity index (χ1v) is 9.68. The molecular weight excluding hydrogens is 342 g/mol. The molecule has 1 aliphatic rings. The van der Waals surface area contributed by atoms with E-state index < -0.39 is 0 Å². The van der Waals surface area contributed by atoms with E-state index in [0.29, 0.717) is 5.92 Å². The third-order valence-electron chi connectivity index (χ3n) is 5.27. The van der Waals surface area contributed by atoms with Crippen molar-refractivity contribution in [3.63, 3.8) is 0 Å². The predicted molar refractivity (Wildman–Crippen MR) is 114 cm³/mol. The van der Waals surface area contributed by atoms with Crippen LogP contribution in [0, 0.1) is 5.92 Å². The predicted octanol–water partition coefficient (Wildman–Crippen LogP) is 5.81. The van der Waals surface area contributed by atoms with Crippen LogP contribution in [0.3, 0.4) is 0 Å². The number of benzene rings is 3. The van der Waals surface area contributed by atoms with E-state index in [1.54, 1.807) is 0 Å². The Morgan fingerprint density at radius 3 is 1.96 bits per heavy atom. The van der Waals surface area contributed by atoms with Crippen molar-refractivity contribution in [3.05, 3.63) is 96.1 Å². The van der Waals surface area contributed by atoms with Crippen LogP contribution in [0.1, 0.15) is 18.1 Å². The molecule has 28 heavy (non-hydrogen) atoms. The minimum Gasteiger partial charge on any atom is -0.274 e. The smallest absolute Gasteiger partial charge is 0.168 e. The lowest BCUT2D eigenvalue weighted by Gasteiger charge is -2.21. The molecule has 136 valence electrons. The standard InChI is InChI=1S/C25H21N3/c1-18-15-16-22-21(17-18)13-8-14-23(22)28-24(19-9-4-2-5-10-19)26-27-25(28)20-11-6-3-7-12-20/h2-16,18H,17H2,1H3. The van der Waals surface area contributed by atoms with E-state index in [2.05, 4.69) is 76.3 Å². The van der Waals surface area contributed by atoms with E-state index in [4.69, 9.17) is 0 Å². The molecule has 0 aliphatic heterocycles. The molecule has 1 atom stereocenters. The van der Waals surface area contributed by atoms with Gasteiger partial charge in [-0.05, 0) is 24.0 Å². The van der Waals surface area contributed by atoms with Crippen LogP contribution < -0.4 is 0 Å². The summed E-state index contributed by atoms with van der Waals surface area (Å²) >= 11 is 0. The fourth-order valence-electron chi connectivity index (χ4n) is 3.90. The Hall–Kier alpha value is -3.46. The van der Waals surface area contributed by atoms with Crippen LogP contribution >= 0.6 is 0 Å². The number of aromatic nitrogens is 3. The van der Waals surface area contributed by atoms with Gasteiger partial charge in [0.25, 0.3) is 0 Å². The molecule has 0 amide bonds. The van der Waals surface area contributed by atoms with Gasteiger partial charge in [-0.2, -0.15) is 0 Å². The molecule has 4 aromatic rings. The second-order valence-electron chi connectivity index (χ2n) is 7.31. The van der Waals surface area contributed by atoms with Gasteiger partial charge < -0.3 is 0 Å². The summed E-state index contributed by atoms with van der Waals surface area (Å²) in [6.07, 6.45) is 5.60. The zero-order valence-corrected chi connectivity index (χ0v) is 15.8. The van der Waals surface area contributed by atoms with Crippen LogP contribution in [0.2, 0.25) is 0 Å². The largest absolute Gasteiger partial charge is 0.274 e. The van der Waals surface area contributed by atoms with Crippen LogP contribution in [0.5, 0.6) is 0 Å². The average Bonchev–Trinajstić information content (AvgIpc) is 3.19. The molecule has 0 bridgehead atoms. The summed E-state index contributed by atoms with van der Waals surface area (Å²) < 4.78 is 2.20. The van der Waals surface area contributed by atoms with Crippen molar-refractivity contribution in [2.24, 2.45) is 5.92 Å². The molecule has 1 unspecified atom stereocenters. The summed E-state index contributed by atoms with van der Waals surface area (Å²) in [5, 5.41) is 9.18. The maximum absolute atomic E-state index is 4.59. The van der Waals surface area contributed by atoms with E-state index in [9.17, 15) is 0 Å². The van der Waals surface area contributed by atoms with E-state index in [-0.39, 0.29) is 0 Å². The van der Waals surface area contributed by atoms with Gasteiger partial charge in [0.2, 0.25) is 0 Å². The highest BCUT2D eigenvalue weighted by atomic mass is 15.3. The number of fused-ring (bicyclic) bond motifs is 1. The molecule has 1 aliphatic carbocycles. The van der Waals surface area contributed by atoms with Crippen LogP contribution in [0.25, 0.3) is 34.5 Å². The number of nitrogens with zero attached hydrogens (tertiary/aromatic N) is 3. The third kappa shape index (κ3) is 2.85. The monoisotopic (exact) mass is 363 g/mol. The highest BCUT2D eigenvalue weighted by Gasteiger charge is 2.21. The molecule has 0 spiro atoms. The minimum absolute atomic E-state index is 0.561. The van der Waals surface area contributed by atoms with Crippen molar-refractivity contribution in [3.8, 4) is 28.5 Å². The maximum Gasteiger partial charge on any atom is 0.168 e. The SMILES string of the molecule is CC1C=Cc2c(cccc2-n2c(-c3ccccc3)nnc2-c2ccccc2)C1. The first-order chi connectivity index (χ1) is 13.8. The fourth-order valence-corrected chi connectivity index (χ4v) is 3.90. The van der Waals surface area contributed by atoms with Gasteiger partial charge in [-0.1, -0.05) is 91.9 Å². The van der Waals surface area contributed by atoms with E-state index in [0.717, 1.165) is 34.9 Å². The molecular formula is C25H21N3. The molecule has 1 heterocycles. The van der Waals surface area contributed by atoms with Gasteiger partial charge in [0, 0.05) is 16.7 Å². The summed E-state index contributed by atoms with van der Waals surface area (Å²) in [6.45, 7) is 2.26.